The number of carbonyl (C=O) groups is 2. The molecule has 25 heavy (non-hydrogen) atoms. The van der Waals surface area contributed by atoms with Crippen LogP contribution in [0.1, 0.15) is 37.8 Å². The van der Waals surface area contributed by atoms with E-state index in [1.165, 1.54) is 30.8 Å². The maximum Gasteiger partial charge on any atom is 0.243 e. The van der Waals surface area contributed by atoms with Gasteiger partial charge in [0.1, 0.15) is 5.41 Å². The Morgan fingerprint density at radius 1 is 1.20 bits per heavy atom. The largest absolute Gasteiger partial charge is 0.339 e. The van der Waals surface area contributed by atoms with Crippen molar-refractivity contribution in [2.45, 2.75) is 38.5 Å². The number of rotatable bonds is 3. The van der Waals surface area contributed by atoms with Gasteiger partial charge in [-0.3, -0.25) is 9.59 Å². The van der Waals surface area contributed by atoms with Gasteiger partial charge in [0.15, 0.2) is 0 Å². The molecule has 2 saturated carbocycles. The lowest BCUT2D eigenvalue weighted by Crippen LogP contribution is -2.60. The van der Waals surface area contributed by atoms with Gasteiger partial charge < -0.3 is 9.80 Å². The molecule has 0 bridgehead atoms. The van der Waals surface area contributed by atoms with Gasteiger partial charge in [-0.1, -0.05) is 6.42 Å². The average molecular weight is 358 g/mol. The zero-order chi connectivity index (χ0) is 17.5. The molecule has 3 fully saturated rings. The summed E-state index contributed by atoms with van der Waals surface area (Å²) in [5.41, 5.74) is 0.293. The number of piperazine rings is 1. The van der Waals surface area contributed by atoms with Crippen LogP contribution in [-0.4, -0.2) is 52.2 Å². The van der Waals surface area contributed by atoms with E-state index in [0.29, 0.717) is 32.6 Å². The van der Waals surface area contributed by atoms with Crippen LogP contribution in [-0.2, 0) is 16.0 Å². The van der Waals surface area contributed by atoms with Crippen molar-refractivity contribution in [2.75, 3.05) is 26.2 Å². The minimum atomic E-state index is -0.798. The molecule has 1 aliphatic heterocycles. The lowest BCUT2D eigenvalue weighted by molar-refractivity contribution is -0.160. The van der Waals surface area contributed by atoms with Crippen LogP contribution in [0.2, 0.25) is 0 Å². The molecule has 4 rings (SSSR count). The smallest absolute Gasteiger partial charge is 0.243 e. The Bertz CT molecular complexity index is 704. The summed E-state index contributed by atoms with van der Waals surface area (Å²) < 4.78 is 4.18. The molecule has 132 valence electrons. The van der Waals surface area contributed by atoms with E-state index in [-0.39, 0.29) is 17.2 Å². The molecule has 6 nitrogen and oxygen atoms in total. The molecule has 1 saturated heterocycles. The van der Waals surface area contributed by atoms with Crippen molar-refractivity contribution in [2.24, 2.45) is 10.8 Å². The van der Waals surface area contributed by atoms with Gasteiger partial charge in [0, 0.05) is 31.6 Å². The predicted molar refractivity (Wildman–Crippen MR) is 92.5 cm³/mol. The molecule has 2 heterocycles. The highest BCUT2D eigenvalue weighted by molar-refractivity contribution is 7.03. The molecule has 0 radical (unpaired) electrons. The van der Waals surface area contributed by atoms with Crippen LogP contribution in [0.5, 0.6) is 0 Å². The fourth-order valence-corrected chi connectivity index (χ4v) is 5.13. The van der Waals surface area contributed by atoms with Crippen molar-refractivity contribution in [3.63, 3.8) is 0 Å². The van der Waals surface area contributed by atoms with Gasteiger partial charge in [0.25, 0.3) is 0 Å². The maximum atomic E-state index is 12.9. The van der Waals surface area contributed by atoms with E-state index in [9.17, 15) is 14.9 Å². The lowest BCUT2D eigenvalue weighted by Gasteiger charge is -2.58. The summed E-state index contributed by atoms with van der Waals surface area (Å²) in [6.07, 6.45) is 5.36. The Morgan fingerprint density at radius 3 is 2.40 bits per heavy atom. The Hall–Kier alpha value is -1.94. The van der Waals surface area contributed by atoms with Gasteiger partial charge in [-0.25, -0.2) is 0 Å². The zero-order valence-corrected chi connectivity index (χ0v) is 15.1. The highest BCUT2D eigenvalue weighted by Gasteiger charge is 2.62. The fraction of sp³-hybridized carbons (Fsp3) is 0.667. The molecule has 0 unspecified atom stereocenters. The Balaban J connectivity index is 1.31. The second-order valence-electron chi connectivity index (χ2n) is 7.74. The van der Waals surface area contributed by atoms with Crippen LogP contribution in [0.4, 0.5) is 0 Å². The topological polar surface area (TPSA) is 77.3 Å². The summed E-state index contributed by atoms with van der Waals surface area (Å²) >= 11 is 1.35. The number of hydrogen-bond acceptors (Lipinski definition) is 5. The molecule has 7 heteroatoms. The molecular weight excluding hydrogens is 336 g/mol. The first-order chi connectivity index (χ1) is 12.1. The molecule has 0 N–H and O–H groups in total. The molecule has 1 aromatic heterocycles. The zero-order valence-electron chi connectivity index (χ0n) is 14.2. The Labute approximate surface area is 151 Å². The van der Waals surface area contributed by atoms with E-state index in [1.807, 2.05) is 11.4 Å². The van der Waals surface area contributed by atoms with Crippen LogP contribution in [0, 0.1) is 22.2 Å². The number of carbonyl (C=O) groups excluding carboxylic acids is 2. The molecule has 3 aliphatic rings. The van der Waals surface area contributed by atoms with Gasteiger partial charge in [-0.05, 0) is 48.7 Å². The molecule has 2 aliphatic carbocycles. The average Bonchev–Trinajstić information content (AvgIpc) is 3.06. The predicted octanol–water partition coefficient (Wildman–Crippen LogP) is 1.83. The number of aromatic nitrogens is 1. The first-order valence-electron chi connectivity index (χ1n) is 8.94. The first-order valence-corrected chi connectivity index (χ1v) is 9.77. The van der Waals surface area contributed by atoms with Gasteiger partial charge in [0.05, 0.1) is 18.2 Å². The van der Waals surface area contributed by atoms with Crippen molar-refractivity contribution in [1.29, 1.82) is 5.26 Å². The van der Waals surface area contributed by atoms with E-state index in [2.05, 4.69) is 10.4 Å². The van der Waals surface area contributed by atoms with Crippen molar-refractivity contribution >= 4 is 23.3 Å². The summed E-state index contributed by atoms with van der Waals surface area (Å²) in [6.45, 7) is 2.14. The monoisotopic (exact) mass is 358 g/mol. The minimum Gasteiger partial charge on any atom is -0.339 e. The van der Waals surface area contributed by atoms with Crippen molar-refractivity contribution in [3.8, 4) is 6.07 Å². The number of nitrogens with zero attached hydrogens (tertiary/aromatic N) is 4. The van der Waals surface area contributed by atoms with E-state index >= 15 is 0 Å². The number of amides is 2. The molecule has 1 aromatic rings. The van der Waals surface area contributed by atoms with E-state index < -0.39 is 5.41 Å². The summed E-state index contributed by atoms with van der Waals surface area (Å²) in [5.74, 6) is 0.0455. The van der Waals surface area contributed by atoms with Gasteiger partial charge in [-0.2, -0.15) is 9.64 Å². The normalized spacial score (nSPS) is 23.5. The van der Waals surface area contributed by atoms with Crippen molar-refractivity contribution < 1.29 is 9.59 Å². The number of nitriles is 1. The molecule has 2 amide bonds. The van der Waals surface area contributed by atoms with Crippen LogP contribution in [0.3, 0.4) is 0 Å². The first kappa shape index (κ1) is 16.5. The Morgan fingerprint density at radius 2 is 1.88 bits per heavy atom. The number of hydrogen-bond donors (Lipinski definition) is 0. The van der Waals surface area contributed by atoms with E-state index in [1.54, 1.807) is 9.80 Å². The van der Waals surface area contributed by atoms with Crippen molar-refractivity contribution in [1.82, 2.24) is 14.2 Å². The second kappa shape index (κ2) is 6.10. The Kier molecular flexibility index (Phi) is 4.03. The third-order valence-corrected chi connectivity index (χ3v) is 6.73. The van der Waals surface area contributed by atoms with E-state index in [4.69, 9.17) is 0 Å². The summed E-state index contributed by atoms with van der Waals surface area (Å²) in [5, 5.41) is 11.5. The molecular formula is C18H22N4O2S. The van der Waals surface area contributed by atoms with Crippen LogP contribution in [0.25, 0.3) is 0 Å². The van der Waals surface area contributed by atoms with Crippen LogP contribution in [0.15, 0.2) is 11.4 Å². The highest BCUT2D eigenvalue weighted by Crippen LogP contribution is 2.64. The SMILES string of the molecule is N#CC1(C(=O)N2CCN(C(=O)Cc3ccsn3)CC2)CC2(CCC2)C1. The summed E-state index contributed by atoms with van der Waals surface area (Å²) in [6, 6.07) is 4.19. The minimum absolute atomic E-state index is 0.0147. The fourth-order valence-electron chi connectivity index (χ4n) is 4.59. The highest BCUT2D eigenvalue weighted by atomic mass is 32.1. The third-order valence-electron chi connectivity index (χ3n) is 6.13. The molecule has 0 aromatic carbocycles. The molecule has 0 atom stereocenters. The molecule has 1 spiro atoms. The lowest BCUT2D eigenvalue weighted by atomic mass is 9.45. The van der Waals surface area contributed by atoms with Crippen molar-refractivity contribution in [3.05, 3.63) is 17.1 Å². The van der Waals surface area contributed by atoms with Gasteiger partial charge in [-0.15, -0.1) is 0 Å². The third kappa shape index (κ3) is 2.82. The van der Waals surface area contributed by atoms with Gasteiger partial charge >= 0.3 is 0 Å². The van der Waals surface area contributed by atoms with Crippen LogP contribution >= 0.6 is 11.5 Å². The standard InChI is InChI=1S/C18H22N4O2S/c19-13-18(11-17(12-18)3-1-4-17)16(24)22-7-5-21(6-8-22)15(23)10-14-2-9-25-20-14/h2,9H,1,3-8,10-12H2. The summed E-state index contributed by atoms with van der Waals surface area (Å²) in [7, 11) is 0. The van der Waals surface area contributed by atoms with E-state index in [0.717, 1.165) is 18.5 Å². The summed E-state index contributed by atoms with van der Waals surface area (Å²) in [4.78, 5) is 28.8. The van der Waals surface area contributed by atoms with Crippen LogP contribution < -0.4 is 0 Å². The second-order valence-corrected chi connectivity index (χ2v) is 8.41. The quantitative estimate of drug-likeness (QED) is 0.826. The van der Waals surface area contributed by atoms with Gasteiger partial charge in [0.2, 0.25) is 11.8 Å². The maximum absolute atomic E-state index is 12.9.